The summed E-state index contributed by atoms with van der Waals surface area (Å²) in [5.74, 6) is 0.585. The molecule has 0 saturated heterocycles. The van der Waals surface area contributed by atoms with Crippen LogP contribution in [0.15, 0.2) is 29.8 Å². The zero-order valence-electron chi connectivity index (χ0n) is 10.5. The lowest BCUT2D eigenvalue weighted by molar-refractivity contribution is 0.799. The van der Waals surface area contributed by atoms with Gasteiger partial charge in [0, 0.05) is 6.54 Å². The zero-order valence-corrected chi connectivity index (χ0v) is 11.3. The molecule has 0 bridgehead atoms. The minimum Gasteiger partial charge on any atom is -0.314 e. The summed E-state index contributed by atoms with van der Waals surface area (Å²) in [4.78, 5) is 5.67. The van der Waals surface area contributed by atoms with Crippen LogP contribution in [0.3, 0.4) is 0 Å². The van der Waals surface area contributed by atoms with E-state index in [1.165, 1.54) is 16.0 Å². The van der Waals surface area contributed by atoms with Gasteiger partial charge in [-0.3, -0.25) is 0 Å². The van der Waals surface area contributed by atoms with Crippen molar-refractivity contribution in [3.8, 4) is 10.4 Å². The van der Waals surface area contributed by atoms with E-state index >= 15 is 0 Å². The number of rotatable bonds is 4. The fourth-order valence-electron chi connectivity index (χ4n) is 1.82. The first-order valence-corrected chi connectivity index (χ1v) is 6.77. The fraction of sp³-hybridized carbons (Fsp3) is 0.357. The second-order valence-corrected chi connectivity index (χ2v) is 5.29. The predicted octanol–water partition coefficient (Wildman–Crippen LogP) is 3.65. The molecule has 3 heteroatoms. The number of nitrogens with one attached hydrogen (secondary N) is 1. The maximum absolute atomic E-state index is 4.40. The SMILES string of the molecule is CNCc1ncsc1-c1ccc(C(C)C)cc1. The maximum Gasteiger partial charge on any atom is 0.0802 e. The van der Waals surface area contributed by atoms with Gasteiger partial charge in [0.15, 0.2) is 0 Å². The molecule has 0 spiro atoms. The van der Waals surface area contributed by atoms with Gasteiger partial charge in [0.25, 0.3) is 0 Å². The second kappa shape index (κ2) is 5.43. The molecule has 0 aliphatic rings. The van der Waals surface area contributed by atoms with Crippen LogP contribution in [0.25, 0.3) is 10.4 Å². The molecule has 90 valence electrons. The molecule has 1 aromatic heterocycles. The predicted molar refractivity (Wildman–Crippen MR) is 74.4 cm³/mol. The molecule has 2 rings (SSSR count). The summed E-state index contributed by atoms with van der Waals surface area (Å²) in [7, 11) is 1.95. The van der Waals surface area contributed by atoms with Crippen LogP contribution in [0.5, 0.6) is 0 Å². The number of hydrogen-bond donors (Lipinski definition) is 1. The lowest BCUT2D eigenvalue weighted by atomic mass is 10.0. The third-order valence-electron chi connectivity index (χ3n) is 2.82. The maximum atomic E-state index is 4.40. The number of nitrogens with zero attached hydrogens (tertiary/aromatic N) is 1. The number of aromatic nitrogens is 1. The average molecular weight is 246 g/mol. The van der Waals surface area contributed by atoms with E-state index in [-0.39, 0.29) is 0 Å². The Labute approximate surface area is 107 Å². The number of hydrogen-bond acceptors (Lipinski definition) is 3. The number of thiazole rings is 1. The highest BCUT2D eigenvalue weighted by Gasteiger charge is 2.08. The van der Waals surface area contributed by atoms with Gasteiger partial charge in [-0.05, 0) is 24.1 Å². The van der Waals surface area contributed by atoms with E-state index in [1.54, 1.807) is 11.3 Å². The van der Waals surface area contributed by atoms with Crippen LogP contribution >= 0.6 is 11.3 Å². The van der Waals surface area contributed by atoms with Crippen LogP contribution in [0.4, 0.5) is 0 Å². The van der Waals surface area contributed by atoms with Gasteiger partial charge in [0.1, 0.15) is 0 Å². The first kappa shape index (κ1) is 12.3. The minimum atomic E-state index is 0.585. The van der Waals surface area contributed by atoms with Gasteiger partial charge < -0.3 is 5.32 Å². The van der Waals surface area contributed by atoms with Crippen LogP contribution in [0, 0.1) is 0 Å². The van der Waals surface area contributed by atoms with Gasteiger partial charge in [0.05, 0.1) is 16.1 Å². The summed E-state index contributed by atoms with van der Waals surface area (Å²) in [5, 5.41) is 3.15. The van der Waals surface area contributed by atoms with Crippen LogP contribution in [-0.2, 0) is 6.54 Å². The molecule has 0 amide bonds. The van der Waals surface area contributed by atoms with E-state index in [0.29, 0.717) is 5.92 Å². The van der Waals surface area contributed by atoms with Crippen molar-refractivity contribution in [2.24, 2.45) is 0 Å². The molecule has 17 heavy (non-hydrogen) atoms. The van der Waals surface area contributed by atoms with Crippen LogP contribution in [0.1, 0.15) is 31.0 Å². The van der Waals surface area contributed by atoms with Crippen molar-refractivity contribution in [3.63, 3.8) is 0 Å². The van der Waals surface area contributed by atoms with E-state index in [9.17, 15) is 0 Å². The van der Waals surface area contributed by atoms with Crippen LogP contribution in [-0.4, -0.2) is 12.0 Å². The van der Waals surface area contributed by atoms with Crippen molar-refractivity contribution < 1.29 is 0 Å². The summed E-state index contributed by atoms with van der Waals surface area (Å²) in [6.45, 7) is 5.26. The van der Waals surface area contributed by atoms with E-state index in [2.05, 4.69) is 48.4 Å². The first-order chi connectivity index (χ1) is 8.22. The van der Waals surface area contributed by atoms with Gasteiger partial charge in [0.2, 0.25) is 0 Å². The quantitative estimate of drug-likeness (QED) is 0.890. The Morgan fingerprint density at radius 2 is 1.94 bits per heavy atom. The molecule has 1 N–H and O–H groups in total. The van der Waals surface area contributed by atoms with Crippen LogP contribution < -0.4 is 5.32 Å². The Morgan fingerprint density at radius 3 is 2.53 bits per heavy atom. The van der Waals surface area contributed by atoms with E-state index < -0.39 is 0 Å². The van der Waals surface area contributed by atoms with E-state index in [1.807, 2.05) is 12.6 Å². The molecule has 1 aromatic carbocycles. The Bertz CT molecular complexity index is 471. The molecule has 0 unspecified atom stereocenters. The lowest BCUT2D eigenvalue weighted by Crippen LogP contribution is -2.06. The molecule has 2 aromatic rings. The molecule has 2 nitrogen and oxygen atoms in total. The summed E-state index contributed by atoms with van der Waals surface area (Å²) in [6, 6.07) is 8.82. The Kier molecular flexibility index (Phi) is 3.92. The highest BCUT2D eigenvalue weighted by atomic mass is 32.1. The van der Waals surface area contributed by atoms with E-state index in [0.717, 1.165) is 12.2 Å². The molecule has 0 atom stereocenters. The standard InChI is InChI=1S/C14H18N2S/c1-10(2)11-4-6-12(7-5-11)14-13(8-15-3)16-9-17-14/h4-7,9-10,15H,8H2,1-3H3. The summed E-state index contributed by atoms with van der Waals surface area (Å²) >= 11 is 1.71. The molecule has 1 heterocycles. The van der Waals surface area contributed by atoms with Crippen LogP contribution in [0.2, 0.25) is 0 Å². The Balaban J connectivity index is 2.30. The summed E-state index contributed by atoms with van der Waals surface area (Å²) < 4.78 is 0. The summed E-state index contributed by atoms with van der Waals surface area (Å²) in [6.07, 6.45) is 0. The third-order valence-corrected chi connectivity index (χ3v) is 3.74. The molecular weight excluding hydrogens is 228 g/mol. The summed E-state index contributed by atoms with van der Waals surface area (Å²) in [5.41, 5.74) is 5.70. The smallest absolute Gasteiger partial charge is 0.0802 e. The van der Waals surface area contributed by atoms with Gasteiger partial charge in [-0.1, -0.05) is 38.1 Å². The molecular formula is C14H18N2S. The fourth-order valence-corrected chi connectivity index (χ4v) is 2.64. The highest BCUT2D eigenvalue weighted by Crippen LogP contribution is 2.28. The normalized spacial score (nSPS) is 11.1. The topological polar surface area (TPSA) is 24.9 Å². The molecule has 0 radical (unpaired) electrons. The van der Waals surface area contributed by atoms with E-state index in [4.69, 9.17) is 0 Å². The Morgan fingerprint density at radius 1 is 1.24 bits per heavy atom. The molecule has 0 fully saturated rings. The molecule has 0 aliphatic heterocycles. The second-order valence-electron chi connectivity index (χ2n) is 4.44. The number of benzene rings is 1. The van der Waals surface area contributed by atoms with Gasteiger partial charge in [-0.25, -0.2) is 4.98 Å². The lowest BCUT2D eigenvalue weighted by Gasteiger charge is -2.07. The highest BCUT2D eigenvalue weighted by molar-refractivity contribution is 7.13. The van der Waals surface area contributed by atoms with Crippen molar-refractivity contribution in [3.05, 3.63) is 41.0 Å². The zero-order chi connectivity index (χ0) is 12.3. The molecule has 0 saturated carbocycles. The van der Waals surface area contributed by atoms with Crippen molar-refractivity contribution >= 4 is 11.3 Å². The minimum absolute atomic E-state index is 0.585. The van der Waals surface area contributed by atoms with Crippen molar-refractivity contribution in [1.82, 2.24) is 10.3 Å². The monoisotopic (exact) mass is 246 g/mol. The largest absolute Gasteiger partial charge is 0.314 e. The van der Waals surface area contributed by atoms with Gasteiger partial charge in [-0.15, -0.1) is 11.3 Å². The van der Waals surface area contributed by atoms with Crippen molar-refractivity contribution in [1.29, 1.82) is 0 Å². The molecule has 0 aliphatic carbocycles. The van der Waals surface area contributed by atoms with Gasteiger partial charge in [-0.2, -0.15) is 0 Å². The Hall–Kier alpha value is -1.19. The van der Waals surface area contributed by atoms with Gasteiger partial charge >= 0.3 is 0 Å². The third kappa shape index (κ3) is 2.73. The average Bonchev–Trinajstić information content (AvgIpc) is 2.78. The van der Waals surface area contributed by atoms with Crippen molar-refractivity contribution in [2.45, 2.75) is 26.3 Å². The van der Waals surface area contributed by atoms with Crippen molar-refractivity contribution in [2.75, 3.05) is 7.05 Å². The first-order valence-electron chi connectivity index (χ1n) is 5.89.